The maximum Gasteiger partial charge on any atom is 0.280 e. The number of rotatable bonds is 8. The third-order valence-corrected chi connectivity index (χ3v) is 20.4. The van der Waals surface area contributed by atoms with Gasteiger partial charge in [0.25, 0.3) is 5.56 Å². The van der Waals surface area contributed by atoms with Crippen LogP contribution in [0.2, 0.25) is 36.3 Å². The Morgan fingerprint density at radius 1 is 0.898 bits per heavy atom. The molecule has 0 spiro atoms. The molecule has 0 unspecified atom stereocenters. The molecule has 1 saturated heterocycles. The largest absolute Gasteiger partial charge is 0.414 e. The van der Waals surface area contributed by atoms with Crippen molar-refractivity contribution >= 4 is 71.8 Å². The summed E-state index contributed by atoms with van der Waals surface area (Å²) in [6.45, 7) is 23.0. The second-order valence-electron chi connectivity index (χ2n) is 16.7. The van der Waals surface area contributed by atoms with Crippen LogP contribution in [-0.4, -0.2) is 55.0 Å². The molecule has 1 aliphatic rings. The molecule has 1 fully saturated rings. The summed E-state index contributed by atoms with van der Waals surface area (Å²) in [5.41, 5.74) is 1.29. The predicted octanol–water partition coefficient (Wildman–Crippen LogP) is 9.46. The summed E-state index contributed by atoms with van der Waals surface area (Å²) in [7, 11) is -4.16. The van der Waals surface area contributed by atoms with E-state index in [0.717, 1.165) is 11.1 Å². The highest BCUT2D eigenvalue weighted by molar-refractivity contribution is 6.74. The van der Waals surface area contributed by atoms with E-state index in [1.165, 1.54) is 26.9 Å². The van der Waals surface area contributed by atoms with Crippen molar-refractivity contribution in [2.45, 2.75) is 103 Å². The molecule has 49 heavy (non-hydrogen) atoms. The van der Waals surface area contributed by atoms with Crippen molar-refractivity contribution in [3.63, 3.8) is 0 Å². The van der Waals surface area contributed by atoms with Crippen molar-refractivity contribution in [2.75, 3.05) is 11.9 Å². The van der Waals surface area contributed by atoms with Gasteiger partial charge in [-0.3, -0.25) is 14.3 Å². The highest BCUT2D eigenvalue weighted by Gasteiger charge is 2.47. The number of ether oxygens (including phenoxy) is 1. The maximum absolute atomic E-state index is 13.4. The lowest BCUT2D eigenvalue weighted by Crippen LogP contribution is -2.48. The van der Waals surface area contributed by atoms with Crippen LogP contribution in [-0.2, 0) is 13.6 Å². The zero-order chi connectivity index (χ0) is 35.1. The van der Waals surface area contributed by atoms with Crippen LogP contribution >= 0.6 is 0 Å². The zero-order valence-electron chi connectivity index (χ0n) is 30.4. The van der Waals surface area contributed by atoms with Crippen molar-refractivity contribution in [1.82, 2.24) is 19.5 Å². The van der Waals surface area contributed by atoms with Crippen molar-refractivity contribution < 1.29 is 13.6 Å². The highest BCUT2D eigenvalue weighted by atomic mass is 28.4. The summed E-state index contributed by atoms with van der Waals surface area (Å²) in [6.07, 6.45) is 1.44. The molecule has 7 rings (SSSR count). The summed E-state index contributed by atoms with van der Waals surface area (Å²) >= 11 is 0. The number of hydrogen-bond acceptors (Lipinski definition) is 7. The first-order valence-corrected chi connectivity index (χ1v) is 23.1. The summed E-state index contributed by atoms with van der Waals surface area (Å²) in [4.78, 5) is 25.7. The molecule has 1 aliphatic heterocycles. The standard InChI is InChI=1S/C38H49N5O4Si2/c1-37(2,3)48(7,8)45-21-29-28(47-49(9,10)38(4,5)6)20-30(46-29)43-22-39-33-34(43)41-36(42-35(33)44)40-27-19-17-25-15-14-23-12-11-13-24-16-18-26(27)32(25)31(23)24/h11-19,22,28-30H,20-21H2,1-10H3,(H2,40,41,42,44)/t28-,29+,30+/m0/s1. The fourth-order valence-corrected chi connectivity index (χ4v) is 8.75. The molecule has 4 aromatic carbocycles. The SMILES string of the molecule is CC(C)(C)[Si](C)(C)OC[C@H]1O[C@@H](n2cnc3c(=O)[nH]c(Nc4ccc5ccc6cccc7ccc4c5c67)nc32)C[C@@H]1O[Si](C)(C)C(C)(C)C. The van der Waals surface area contributed by atoms with E-state index < -0.39 is 22.9 Å². The topological polar surface area (TPSA) is 103 Å². The number of H-pyrrole nitrogens is 1. The van der Waals surface area contributed by atoms with Gasteiger partial charge in [0.05, 0.1) is 19.0 Å². The Bertz CT molecular complexity index is 2210. The van der Waals surface area contributed by atoms with Gasteiger partial charge in [0, 0.05) is 17.5 Å². The molecule has 3 heterocycles. The van der Waals surface area contributed by atoms with Gasteiger partial charge in [0.1, 0.15) is 12.3 Å². The normalized spacial score (nSPS) is 19.6. The number of aromatic amines is 1. The maximum atomic E-state index is 13.4. The lowest BCUT2D eigenvalue weighted by Gasteiger charge is -2.40. The average molecular weight is 696 g/mol. The molecule has 0 radical (unpaired) electrons. The second kappa shape index (κ2) is 11.7. The third kappa shape index (κ3) is 5.99. The first-order chi connectivity index (χ1) is 22.9. The Hall–Kier alpha value is -3.62. The van der Waals surface area contributed by atoms with Gasteiger partial charge >= 0.3 is 0 Å². The third-order valence-electron chi connectivity index (χ3n) is 11.4. The average Bonchev–Trinajstić information content (AvgIpc) is 3.62. The number of nitrogens with one attached hydrogen (secondary N) is 2. The van der Waals surface area contributed by atoms with Gasteiger partial charge in [0.15, 0.2) is 27.8 Å². The molecule has 2 N–H and O–H groups in total. The van der Waals surface area contributed by atoms with Gasteiger partial charge in [-0.05, 0) is 69.3 Å². The summed E-state index contributed by atoms with van der Waals surface area (Å²) < 4.78 is 22.3. The zero-order valence-corrected chi connectivity index (χ0v) is 32.4. The van der Waals surface area contributed by atoms with E-state index in [9.17, 15) is 4.79 Å². The molecular weight excluding hydrogens is 647 g/mol. The smallest absolute Gasteiger partial charge is 0.280 e. The summed E-state index contributed by atoms with van der Waals surface area (Å²) in [5.74, 6) is 0.346. The van der Waals surface area contributed by atoms with Crippen LogP contribution < -0.4 is 10.9 Å². The molecule has 2 aromatic heterocycles. The van der Waals surface area contributed by atoms with Gasteiger partial charge in [0.2, 0.25) is 5.95 Å². The van der Waals surface area contributed by atoms with E-state index >= 15 is 0 Å². The van der Waals surface area contributed by atoms with Crippen LogP contribution in [0.3, 0.4) is 0 Å². The van der Waals surface area contributed by atoms with Crippen molar-refractivity contribution in [3.8, 4) is 0 Å². The number of aromatic nitrogens is 4. The van der Waals surface area contributed by atoms with Crippen LogP contribution in [0.1, 0.15) is 54.2 Å². The molecular formula is C38H49N5O4Si2. The number of benzene rings is 4. The van der Waals surface area contributed by atoms with E-state index in [4.69, 9.17) is 18.6 Å². The fourth-order valence-electron chi connectivity index (χ4n) is 6.38. The van der Waals surface area contributed by atoms with Gasteiger partial charge < -0.3 is 18.9 Å². The minimum atomic E-state index is -2.13. The van der Waals surface area contributed by atoms with Crippen LogP contribution in [0, 0.1) is 0 Å². The number of anilines is 2. The molecule has 258 valence electrons. The van der Waals surface area contributed by atoms with Crippen LogP contribution in [0.4, 0.5) is 11.6 Å². The molecule has 11 heteroatoms. The Morgan fingerprint density at radius 2 is 1.53 bits per heavy atom. The Labute approximate surface area is 290 Å². The Balaban J connectivity index is 1.22. The predicted molar refractivity (Wildman–Crippen MR) is 205 cm³/mol. The molecule has 6 aromatic rings. The molecule has 0 aliphatic carbocycles. The van der Waals surface area contributed by atoms with Crippen LogP contribution in [0.25, 0.3) is 43.5 Å². The number of imidazole rings is 1. The summed E-state index contributed by atoms with van der Waals surface area (Å²) in [5, 5.41) is 10.6. The minimum absolute atomic E-state index is 0.0399. The molecule has 3 atom stereocenters. The fraction of sp³-hybridized carbons (Fsp3) is 0.447. The molecule has 0 amide bonds. The molecule has 0 bridgehead atoms. The van der Waals surface area contributed by atoms with Crippen molar-refractivity contribution in [1.29, 1.82) is 0 Å². The number of fused-ring (bicyclic) bond motifs is 1. The minimum Gasteiger partial charge on any atom is -0.414 e. The second-order valence-corrected chi connectivity index (χ2v) is 26.3. The number of hydrogen-bond donors (Lipinski definition) is 2. The van der Waals surface area contributed by atoms with Gasteiger partial charge in [-0.15, -0.1) is 0 Å². The summed E-state index contributed by atoms with van der Waals surface area (Å²) in [6, 6.07) is 19.1. The quantitative estimate of drug-likeness (QED) is 0.121. The Kier molecular flexibility index (Phi) is 8.11. The first kappa shape index (κ1) is 33.9. The van der Waals surface area contributed by atoms with E-state index in [1.807, 2.05) is 10.6 Å². The van der Waals surface area contributed by atoms with Gasteiger partial charge in [-0.1, -0.05) is 90.1 Å². The first-order valence-electron chi connectivity index (χ1n) is 17.3. The monoisotopic (exact) mass is 695 g/mol. The van der Waals surface area contributed by atoms with E-state index in [0.29, 0.717) is 24.6 Å². The van der Waals surface area contributed by atoms with Crippen LogP contribution in [0.5, 0.6) is 0 Å². The molecule has 0 saturated carbocycles. The van der Waals surface area contributed by atoms with Crippen molar-refractivity contribution in [3.05, 3.63) is 71.3 Å². The van der Waals surface area contributed by atoms with Gasteiger partial charge in [-0.25, -0.2) is 4.98 Å². The van der Waals surface area contributed by atoms with Gasteiger partial charge in [-0.2, -0.15) is 4.98 Å². The van der Waals surface area contributed by atoms with Crippen molar-refractivity contribution in [2.24, 2.45) is 0 Å². The van der Waals surface area contributed by atoms with Crippen LogP contribution in [0.15, 0.2) is 65.7 Å². The lowest BCUT2D eigenvalue weighted by molar-refractivity contribution is -0.0383. The lowest BCUT2D eigenvalue weighted by atomic mass is 9.93. The van der Waals surface area contributed by atoms with E-state index in [-0.39, 0.29) is 33.4 Å². The highest BCUT2D eigenvalue weighted by Crippen LogP contribution is 2.43. The molecule has 9 nitrogen and oxygen atoms in total. The van der Waals surface area contributed by atoms with E-state index in [1.54, 1.807) is 6.33 Å². The Morgan fingerprint density at radius 3 is 2.20 bits per heavy atom. The van der Waals surface area contributed by atoms with E-state index in [2.05, 4.69) is 132 Å². The number of nitrogens with zero attached hydrogens (tertiary/aromatic N) is 3.